The summed E-state index contributed by atoms with van der Waals surface area (Å²) in [4.78, 5) is 10.9. The highest BCUT2D eigenvalue weighted by atomic mass is 16.5. The summed E-state index contributed by atoms with van der Waals surface area (Å²) in [5.41, 5.74) is 8.38. The number of benzene rings is 1. The molecule has 1 heterocycles. The quantitative estimate of drug-likeness (QED) is 0.842. The smallest absolute Gasteiger partial charge is 0.129 e. The molecule has 1 aliphatic heterocycles. The van der Waals surface area contributed by atoms with E-state index in [2.05, 4.69) is 6.07 Å². The van der Waals surface area contributed by atoms with Crippen LogP contribution in [0.3, 0.4) is 0 Å². The normalized spacial score (nSPS) is 15.4. The van der Waals surface area contributed by atoms with Gasteiger partial charge in [-0.15, -0.1) is 0 Å². The third-order valence-corrected chi connectivity index (χ3v) is 2.95. The summed E-state index contributed by atoms with van der Waals surface area (Å²) in [6, 6.07) is 6.03. The Bertz CT molecular complexity index is 401. The zero-order chi connectivity index (χ0) is 11.5. The van der Waals surface area contributed by atoms with E-state index < -0.39 is 0 Å². The number of carbonyl (C=O) groups is 1. The molecular weight excluding hydrogens is 202 g/mol. The fraction of sp³-hybridized carbons (Fsp3) is 0.462. The average molecular weight is 219 g/mol. The Morgan fingerprint density at radius 1 is 1.56 bits per heavy atom. The monoisotopic (exact) mass is 219 g/mol. The highest BCUT2D eigenvalue weighted by Crippen LogP contribution is 2.28. The van der Waals surface area contributed by atoms with Gasteiger partial charge in [-0.1, -0.05) is 12.1 Å². The zero-order valence-corrected chi connectivity index (χ0v) is 9.53. The summed E-state index contributed by atoms with van der Waals surface area (Å²) in [5.74, 6) is 1.17. The molecular formula is C13H17NO2. The first-order chi connectivity index (χ1) is 7.66. The maximum Gasteiger partial charge on any atom is 0.129 e. The van der Waals surface area contributed by atoms with Crippen molar-refractivity contribution in [3.63, 3.8) is 0 Å². The first-order valence-electron chi connectivity index (χ1n) is 5.67. The molecule has 1 aromatic carbocycles. The van der Waals surface area contributed by atoms with E-state index in [9.17, 15) is 4.79 Å². The maximum absolute atomic E-state index is 10.9. The summed E-state index contributed by atoms with van der Waals surface area (Å²) in [6.07, 6.45) is 2.23. The van der Waals surface area contributed by atoms with Crippen molar-refractivity contribution in [3.8, 4) is 5.75 Å². The summed E-state index contributed by atoms with van der Waals surface area (Å²) in [7, 11) is 0. The van der Waals surface area contributed by atoms with Crippen LogP contribution in [0.2, 0.25) is 0 Å². The van der Waals surface area contributed by atoms with E-state index in [-0.39, 0.29) is 11.8 Å². The summed E-state index contributed by atoms with van der Waals surface area (Å²) < 4.78 is 5.44. The van der Waals surface area contributed by atoms with Crippen molar-refractivity contribution in [1.82, 2.24) is 0 Å². The van der Waals surface area contributed by atoms with Crippen LogP contribution in [0.25, 0.3) is 0 Å². The molecule has 16 heavy (non-hydrogen) atoms. The number of nitrogens with two attached hydrogens (primary N) is 1. The molecule has 86 valence electrons. The van der Waals surface area contributed by atoms with Gasteiger partial charge in [0.25, 0.3) is 0 Å². The predicted molar refractivity (Wildman–Crippen MR) is 62.5 cm³/mol. The van der Waals surface area contributed by atoms with Crippen molar-refractivity contribution in [2.24, 2.45) is 5.73 Å². The summed E-state index contributed by atoms with van der Waals surface area (Å²) in [5, 5.41) is 0. The number of Topliss-reactive ketones (excluding diaryl/α,β-unsaturated/α-hetero) is 1. The lowest BCUT2D eigenvalue weighted by Crippen LogP contribution is -2.11. The Labute approximate surface area is 95.6 Å². The Kier molecular flexibility index (Phi) is 3.25. The minimum absolute atomic E-state index is 0.0465. The van der Waals surface area contributed by atoms with Crippen LogP contribution >= 0.6 is 0 Å². The molecule has 0 aliphatic carbocycles. The van der Waals surface area contributed by atoms with E-state index >= 15 is 0 Å². The third-order valence-electron chi connectivity index (χ3n) is 2.95. The van der Waals surface area contributed by atoms with Crippen molar-refractivity contribution in [1.29, 1.82) is 0 Å². The molecule has 0 spiro atoms. The Balaban J connectivity index is 2.06. The number of hydrogen-bond donors (Lipinski definition) is 1. The van der Waals surface area contributed by atoms with Crippen LogP contribution in [0, 0.1) is 0 Å². The number of hydrogen-bond acceptors (Lipinski definition) is 3. The fourth-order valence-corrected chi connectivity index (χ4v) is 1.96. The van der Waals surface area contributed by atoms with E-state index in [1.165, 1.54) is 5.56 Å². The highest BCUT2D eigenvalue weighted by molar-refractivity contribution is 5.75. The van der Waals surface area contributed by atoms with Gasteiger partial charge in [0.05, 0.1) is 6.61 Å². The SMILES string of the molecule is CC(=O)CCC(N)c1ccc2c(c1)CCO2. The number of rotatable bonds is 4. The second-order valence-electron chi connectivity index (χ2n) is 4.31. The van der Waals surface area contributed by atoms with E-state index in [1.54, 1.807) is 6.92 Å². The van der Waals surface area contributed by atoms with Crippen LogP contribution in [0.5, 0.6) is 5.75 Å². The summed E-state index contributed by atoms with van der Waals surface area (Å²) in [6.45, 7) is 2.37. The molecule has 2 rings (SSSR count). The van der Waals surface area contributed by atoms with Crippen LogP contribution in [-0.2, 0) is 11.2 Å². The van der Waals surface area contributed by atoms with Crippen molar-refractivity contribution in [2.75, 3.05) is 6.61 Å². The van der Waals surface area contributed by atoms with E-state index in [0.717, 1.165) is 30.8 Å². The lowest BCUT2D eigenvalue weighted by molar-refractivity contribution is -0.117. The lowest BCUT2D eigenvalue weighted by atomic mass is 9.99. The van der Waals surface area contributed by atoms with Crippen molar-refractivity contribution < 1.29 is 9.53 Å². The van der Waals surface area contributed by atoms with Gasteiger partial charge in [-0.3, -0.25) is 0 Å². The van der Waals surface area contributed by atoms with Gasteiger partial charge in [0.2, 0.25) is 0 Å². The zero-order valence-electron chi connectivity index (χ0n) is 9.53. The number of fused-ring (bicyclic) bond motifs is 1. The minimum Gasteiger partial charge on any atom is -0.493 e. The van der Waals surface area contributed by atoms with E-state index in [4.69, 9.17) is 10.5 Å². The molecule has 1 unspecified atom stereocenters. The molecule has 0 saturated carbocycles. The van der Waals surface area contributed by atoms with Crippen molar-refractivity contribution in [3.05, 3.63) is 29.3 Å². The number of ether oxygens (including phenoxy) is 1. The topological polar surface area (TPSA) is 52.3 Å². The Hall–Kier alpha value is -1.35. The first kappa shape index (κ1) is 11.1. The van der Waals surface area contributed by atoms with Crippen molar-refractivity contribution >= 4 is 5.78 Å². The van der Waals surface area contributed by atoms with E-state index in [0.29, 0.717) is 6.42 Å². The van der Waals surface area contributed by atoms with Gasteiger partial charge >= 0.3 is 0 Å². The molecule has 1 atom stereocenters. The number of ketones is 1. The van der Waals surface area contributed by atoms with Gasteiger partial charge in [0.1, 0.15) is 11.5 Å². The molecule has 0 bridgehead atoms. The van der Waals surface area contributed by atoms with Crippen LogP contribution in [0.15, 0.2) is 18.2 Å². The van der Waals surface area contributed by atoms with Gasteiger partial charge in [-0.2, -0.15) is 0 Å². The Morgan fingerprint density at radius 3 is 3.12 bits per heavy atom. The molecule has 1 aliphatic rings. The molecule has 0 fully saturated rings. The lowest BCUT2D eigenvalue weighted by Gasteiger charge is -2.12. The van der Waals surface area contributed by atoms with Crippen LogP contribution in [0.1, 0.15) is 36.9 Å². The van der Waals surface area contributed by atoms with Crippen LogP contribution < -0.4 is 10.5 Å². The maximum atomic E-state index is 10.9. The number of carbonyl (C=O) groups excluding carboxylic acids is 1. The Morgan fingerprint density at radius 2 is 2.38 bits per heavy atom. The minimum atomic E-state index is -0.0465. The molecule has 2 N–H and O–H groups in total. The van der Waals surface area contributed by atoms with Gasteiger partial charge < -0.3 is 15.3 Å². The molecule has 1 aromatic rings. The second-order valence-corrected chi connectivity index (χ2v) is 4.31. The molecule has 0 aromatic heterocycles. The average Bonchev–Trinajstić information content (AvgIpc) is 2.72. The summed E-state index contributed by atoms with van der Waals surface area (Å²) >= 11 is 0. The van der Waals surface area contributed by atoms with Crippen LogP contribution in [0.4, 0.5) is 0 Å². The molecule has 3 nitrogen and oxygen atoms in total. The third kappa shape index (κ3) is 2.42. The predicted octanol–water partition coefficient (Wildman–Crippen LogP) is 1.99. The largest absolute Gasteiger partial charge is 0.493 e. The molecule has 3 heteroatoms. The molecule has 0 saturated heterocycles. The van der Waals surface area contributed by atoms with Gasteiger partial charge in [-0.05, 0) is 30.5 Å². The molecule has 0 radical (unpaired) electrons. The molecule has 0 amide bonds. The van der Waals surface area contributed by atoms with Gasteiger partial charge in [0.15, 0.2) is 0 Å². The van der Waals surface area contributed by atoms with Crippen molar-refractivity contribution in [2.45, 2.75) is 32.2 Å². The van der Waals surface area contributed by atoms with Gasteiger partial charge in [0, 0.05) is 18.9 Å². The van der Waals surface area contributed by atoms with Gasteiger partial charge in [-0.25, -0.2) is 0 Å². The fourth-order valence-electron chi connectivity index (χ4n) is 1.96. The highest BCUT2D eigenvalue weighted by Gasteiger charge is 2.14. The second kappa shape index (κ2) is 4.66. The van der Waals surface area contributed by atoms with E-state index in [1.807, 2.05) is 12.1 Å². The first-order valence-corrected chi connectivity index (χ1v) is 5.67. The standard InChI is InChI=1S/C13H17NO2/c1-9(15)2-4-12(14)10-3-5-13-11(8-10)6-7-16-13/h3,5,8,12H,2,4,6-7,14H2,1H3. The van der Waals surface area contributed by atoms with Crippen LogP contribution in [-0.4, -0.2) is 12.4 Å².